The van der Waals surface area contributed by atoms with Gasteiger partial charge in [-0.15, -0.1) is 0 Å². The van der Waals surface area contributed by atoms with Crippen LogP contribution in [0.2, 0.25) is 0 Å². The molecule has 0 saturated heterocycles. The third kappa shape index (κ3) is 7.97. The van der Waals surface area contributed by atoms with Crippen molar-refractivity contribution in [1.29, 1.82) is 0 Å². The molecule has 0 aromatic heterocycles. The molecular weight excluding hydrogens is 306 g/mol. The Morgan fingerprint density at radius 1 is 1.21 bits per heavy atom. The molecule has 3 N–H and O–H groups in total. The lowest BCUT2D eigenvalue weighted by molar-refractivity contribution is -0.114. The summed E-state index contributed by atoms with van der Waals surface area (Å²) < 4.78 is 5.27. The molecule has 0 aliphatic heterocycles. The van der Waals surface area contributed by atoms with Crippen LogP contribution in [-0.4, -0.2) is 30.2 Å². The van der Waals surface area contributed by atoms with E-state index in [0.29, 0.717) is 13.1 Å². The van der Waals surface area contributed by atoms with Crippen LogP contribution < -0.4 is 16.0 Å². The molecule has 1 aromatic rings. The van der Waals surface area contributed by atoms with Crippen molar-refractivity contribution in [2.24, 2.45) is 0 Å². The maximum absolute atomic E-state index is 11.8. The summed E-state index contributed by atoms with van der Waals surface area (Å²) >= 11 is 0. The number of nitrogens with one attached hydrogen (secondary N) is 3. The number of hydrogen-bond donors (Lipinski definition) is 3. The number of carbonyl (C=O) groups excluding carboxylic acids is 2. The zero-order valence-electron chi connectivity index (χ0n) is 15.2. The lowest BCUT2D eigenvalue weighted by atomic mass is 10.1. The smallest absolute Gasteiger partial charge is 0.407 e. The summed E-state index contributed by atoms with van der Waals surface area (Å²) in [5.41, 5.74) is 1.29. The molecule has 134 valence electrons. The molecule has 1 aromatic carbocycles. The van der Waals surface area contributed by atoms with Crippen LogP contribution in [0.15, 0.2) is 24.3 Å². The lowest BCUT2D eigenvalue weighted by Gasteiger charge is -2.23. The first-order valence-electron chi connectivity index (χ1n) is 8.27. The zero-order valence-corrected chi connectivity index (χ0v) is 15.2. The van der Waals surface area contributed by atoms with Crippen LogP contribution in [0, 0.1) is 0 Å². The number of amides is 2. The van der Waals surface area contributed by atoms with Crippen molar-refractivity contribution in [2.75, 3.05) is 11.9 Å². The molecule has 1 unspecified atom stereocenters. The van der Waals surface area contributed by atoms with E-state index in [0.717, 1.165) is 17.7 Å². The van der Waals surface area contributed by atoms with Gasteiger partial charge in [0.25, 0.3) is 0 Å². The predicted octanol–water partition coefficient (Wildman–Crippen LogP) is 3.04. The molecule has 1 rings (SSSR count). The summed E-state index contributed by atoms with van der Waals surface area (Å²) in [6, 6.07) is 7.62. The molecule has 24 heavy (non-hydrogen) atoms. The quantitative estimate of drug-likeness (QED) is 0.715. The Kier molecular flexibility index (Phi) is 7.71. The lowest BCUT2D eigenvalue weighted by Crippen LogP contribution is -2.43. The number of carbonyl (C=O) groups is 2. The fourth-order valence-corrected chi connectivity index (χ4v) is 2.14. The van der Waals surface area contributed by atoms with Gasteiger partial charge in [-0.1, -0.05) is 25.1 Å². The zero-order chi connectivity index (χ0) is 18.2. The molecular formula is C18H29N3O3. The molecule has 6 heteroatoms. The Labute approximate surface area is 144 Å². The molecule has 0 bridgehead atoms. The SMILES string of the molecule is CCC(CNCc1ccccc1NC(C)=O)NC(=O)OC(C)(C)C. The van der Waals surface area contributed by atoms with Crippen LogP contribution in [0.4, 0.5) is 10.5 Å². The fourth-order valence-electron chi connectivity index (χ4n) is 2.14. The average molecular weight is 335 g/mol. The van der Waals surface area contributed by atoms with E-state index in [1.165, 1.54) is 6.92 Å². The Morgan fingerprint density at radius 3 is 2.46 bits per heavy atom. The second-order valence-electron chi connectivity index (χ2n) is 6.72. The Morgan fingerprint density at radius 2 is 1.88 bits per heavy atom. The van der Waals surface area contributed by atoms with Crippen LogP contribution in [-0.2, 0) is 16.1 Å². The van der Waals surface area contributed by atoms with Crippen LogP contribution in [0.1, 0.15) is 46.6 Å². The first-order valence-corrected chi connectivity index (χ1v) is 8.27. The highest BCUT2D eigenvalue weighted by Gasteiger charge is 2.18. The summed E-state index contributed by atoms with van der Waals surface area (Å²) in [5, 5.41) is 8.99. The minimum Gasteiger partial charge on any atom is -0.444 e. The highest BCUT2D eigenvalue weighted by atomic mass is 16.6. The fraction of sp³-hybridized carbons (Fsp3) is 0.556. The number of rotatable bonds is 7. The minimum atomic E-state index is -0.507. The van der Waals surface area contributed by atoms with Crippen LogP contribution in [0.25, 0.3) is 0 Å². The Bertz CT molecular complexity index is 553. The van der Waals surface area contributed by atoms with Crippen molar-refractivity contribution in [1.82, 2.24) is 10.6 Å². The van der Waals surface area contributed by atoms with Gasteiger partial charge >= 0.3 is 6.09 Å². The molecule has 0 saturated carbocycles. The number of para-hydroxylation sites is 1. The van der Waals surface area contributed by atoms with Gasteiger partial charge in [-0.3, -0.25) is 4.79 Å². The highest BCUT2D eigenvalue weighted by Crippen LogP contribution is 2.14. The second kappa shape index (κ2) is 9.27. The van der Waals surface area contributed by atoms with Gasteiger partial charge < -0.3 is 20.7 Å². The normalized spacial score (nSPS) is 12.4. The van der Waals surface area contributed by atoms with Gasteiger partial charge in [0, 0.05) is 31.7 Å². The van der Waals surface area contributed by atoms with Gasteiger partial charge in [0.15, 0.2) is 0 Å². The largest absolute Gasteiger partial charge is 0.444 e. The van der Waals surface area contributed by atoms with Crippen molar-refractivity contribution < 1.29 is 14.3 Å². The first kappa shape index (κ1) is 20.0. The van der Waals surface area contributed by atoms with Gasteiger partial charge in [-0.05, 0) is 38.8 Å². The van der Waals surface area contributed by atoms with Crippen molar-refractivity contribution in [2.45, 2.75) is 59.2 Å². The molecule has 6 nitrogen and oxygen atoms in total. The third-order valence-corrected chi connectivity index (χ3v) is 3.25. The summed E-state index contributed by atoms with van der Waals surface area (Å²) in [7, 11) is 0. The third-order valence-electron chi connectivity index (χ3n) is 3.25. The van der Waals surface area contributed by atoms with Crippen molar-refractivity contribution in [3.05, 3.63) is 29.8 Å². The second-order valence-corrected chi connectivity index (χ2v) is 6.72. The van der Waals surface area contributed by atoms with Crippen LogP contribution in [0.3, 0.4) is 0 Å². The van der Waals surface area contributed by atoms with E-state index in [-0.39, 0.29) is 11.9 Å². The number of anilines is 1. The van der Waals surface area contributed by atoms with Gasteiger partial charge in [-0.25, -0.2) is 4.79 Å². The first-order chi connectivity index (χ1) is 11.2. The molecule has 0 radical (unpaired) electrons. The van der Waals surface area contributed by atoms with E-state index in [4.69, 9.17) is 4.74 Å². The van der Waals surface area contributed by atoms with Gasteiger partial charge in [-0.2, -0.15) is 0 Å². The number of ether oxygens (including phenoxy) is 1. The molecule has 0 fully saturated rings. The van der Waals surface area contributed by atoms with E-state index in [1.54, 1.807) is 0 Å². The minimum absolute atomic E-state index is 0.0206. The number of alkyl carbamates (subject to hydrolysis) is 1. The van der Waals surface area contributed by atoms with Crippen molar-refractivity contribution in [3.8, 4) is 0 Å². The summed E-state index contributed by atoms with van der Waals surface area (Å²) in [5.74, 6) is -0.0968. The monoisotopic (exact) mass is 335 g/mol. The van der Waals surface area contributed by atoms with Crippen molar-refractivity contribution >= 4 is 17.7 Å². The van der Waals surface area contributed by atoms with Crippen LogP contribution >= 0.6 is 0 Å². The topological polar surface area (TPSA) is 79.5 Å². The molecule has 0 aliphatic rings. The number of hydrogen-bond acceptors (Lipinski definition) is 4. The van der Waals surface area contributed by atoms with E-state index < -0.39 is 11.7 Å². The van der Waals surface area contributed by atoms with Gasteiger partial charge in [0.1, 0.15) is 5.60 Å². The van der Waals surface area contributed by atoms with E-state index >= 15 is 0 Å². The van der Waals surface area contributed by atoms with E-state index in [1.807, 2.05) is 52.0 Å². The predicted molar refractivity (Wildman–Crippen MR) is 95.9 cm³/mol. The summed E-state index contributed by atoms with van der Waals surface area (Å²) in [4.78, 5) is 23.1. The Hall–Kier alpha value is -2.08. The van der Waals surface area contributed by atoms with E-state index in [2.05, 4.69) is 16.0 Å². The average Bonchev–Trinajstić information content (AvgIpc) is 2.45. The van der Waals surface area contributed by atoms with Gasteiger partial charge in [0.05, 0.1) is 0 Å². The molecule has 1 atom stereocenters. The molecule has 0 aliphatic carbocycles. The summed E-state index contributed by atoms with van der Waals surface area (Å²) in [6.45, 7) is 10.2. The number of benzene rings is 1. The molecule has 0 spiro atoms. The molecule has 2 amide bonds. The molecule has 0 heterocycles. The van der Waals surface area contributed by atoms with Gasteiger partial charge in [0.2, 0.25) is 5.91 Å². The standard InChI is InChI=1S/C18H29N3O3/c1-6-15(21-17(23)24-18(3,4)5)12-19-11-14-9-7-8-10-16(14)20-13(2)22/h7-10,15,19H,6,11-12H2,1-5H3,(H,20,22)(H,21,23). The summed E-state index contributed by atoms with van der Waals surface area (Å²) in [6.07, 6.45) is 0.384. The van der Waals surface area contributed by atoms with Crippen LogP contribution in [0.5, 0.6) is 0 Å². The Balaban J connectivity index is 2.50. The van der Waals surface area contributed by atoms with E-state index in [9.17, 15) is 9.59 Å². The maximum Gasteiger partial charge on any atom is 0.407 e. The van der Waals surface area contributed by atoms with Crippen molar-refractivity contribution in [3.63, 3.8) is 0 Å². The highest BCUT2D eigenvalue weighted by molar-refractivity contribution is 5.89. The maximum atomic E-state index is 11.8.